The lowest BCUT2D eigenvalue weighted by Crippen LogP contribution is -1.94. The lowest BCUT2D eigenvalue weighted by Gasteiger charge is -1.93. The number of hydrogen-bond acceptors (Lipinski definition) is 5. The van der Waals surface area contributed by atoms with Gasteiger partial charge in [-0.2, -0.15) is 0 Å². The third-order valence-corrected chi connectivity index (χ3v) is 3.19. The quantitative estimate of drug-likeness (QED) is 0.847. The fourth-order valence-electron chi connectivity index (χ4n) is 1.54. The fourth-order valence-corrected chi connectivity index (χ4v) is 2.49. The number of thiazole rings is 1. The number of nitrogens with zero attached hydrogens (tertiary/aromatic N) is 1. The molecule has 4 nitrogen and oxygen atoms in total. The Balaban J connectivity index is 2.12. The molecule has 78 valence electrons. The van der Waals surface area contributed by atoms with E-state index in [0.29, 0.717) is 6.79 Å². The summed E-state index contributed by atoms with van der Waals surface area (Å²) in [6, 6.07) is 3.91. The van der Waals surface area contributed by atoms with Gasteiger partial charge in [-0.1, -0.05) is 11.3 Å². The van der Waals surface area contributed by atoms with E-state index < -0.39 is 0 Å². The molecule has 0 fully saturated rings. The highest BCUT2D eigenvalue weighted by molar-refractivity contribution is 7.22. The van der Waals surface area contributed by atoms with E-state index >= 15 is 0 Å². The van der Waals surface area contributed by atoms with Crippen LogP contribution in [0.2, 0.25) is 0 Å². The van der Waals surface area contributed by atoms with Crippen LogP contribution in [0, 0.1) is 0 Å². The summed E-state index contributed by atoms with van der Waals surface area (Å²) < 4.78 is 11.7. The summed E-state index contributed by atoms with van der Waals surface area (Å²) in [5, 5.41) is 4.14. The molecule has 0 amide bonds. The number of rotatable bonds is 2. The first-order valence-corrected chi connectivity index (χ1v) is 5.62. The first-order chi connectivity index (χ1) is 7.36. The van der Waals surface area contributed by atoms with Gasteiger partial charge in [-0.05, 0) is 6.92 Å². The zero-order valence-electron chi connectivity index (χ0n) is 8.24. The predicted molar refractivity (Wildman–Crippen MR) is 59.9 cm³/mol. The van der Waals surface area contributed by atoms with Crippen molar-refractivity contribution < 1.29 is 9.47 Å². The Kier molecular flexibility index (Phi) is 1.92. The van der Waals surface area contributed by atoms with Crippen LogP contribution in [0.5, 0.6) is 11.5 Å². The Hall–Kier alpha value is -1.49. The van der Waals surface area contributed by atoms with Crippen LogP contribution in [0.15, 0.2) is 12.1 Å². The van der Waals surface area contributed by atoms with Gasteiger partial charge in [0.15, 0.2) is 16.6 Å². The molecular weight excluding hydrogens is 212 g/mol. The Bertz CT molecular complexity index is 468. The number of fused-ring (bicyclic) bond motifs is 2. The van der Waals surface area contributed by atoms with Crippen molar-refractivity contribution in [2.24, 2.45) is 0 Å². The standard InChI is InChI=1S/C10H10N2O2S/c1-2-11-10-12-6-3-7-8(14-5-13-7)4-9(6)15-10/h3-4H,2,5H2,1H3,(H,11,12). The molecule has 2 heterocycles. The highest BCUT2D eigenvalue weighted by Crippen LogP contribution is 2.38. The molecule has 1 aliphatic heterocycles. The largest absolute Gasteiger partial charge is 0.454 e. The zero-order chi connectivity index (χ0) is 10.3. The van der Waals surface area contributed by atoms with Crippen molar-refractivity contribution in [3.8, 4) is 11.5 Å². The minimum Gasteiger partial charge on any atom is -0.454 e. The maximum atomic E-state index is 5.31. The van der Waals surface area contributed by atoms with Gasteiger partial charge in [-0.25, -0.2) is 4.98 Å². The summed E-state index contributed by atoms with van der Waals surface area (Å²) in [6.07, 6.45) is 0. The van der Waals surface area contributed by atoms with E-state index in [-0.39, 0.29) is 0 Å². The Morgan fingerprint density at radius 3 is 3.00 bits per heavy atom. The smallest absolute Gasteiger partial charge is 0.231 e. The summed E-state index contributed by atoms with van der Waals surface area (Å²) in [4.78, 5) is 4.45. The predicted octanol–water partition coefficient (Wildman–Crippen LogP) is 2.46. The molecule has 2 aromatic rings. The van der Waals surface area contributed by atoms with Crippen LogP contribution in [-0.2, 0) is 0 Å². The van der Waals surface area contributed by atoms with Crippen LogP contribution in [0.25, 0.3) is 10.2 Å². The van der Waals surface area contributed by atoms with Gasteiger partial charge in [-0.3, -0.25) is 0 Å². The van der Waals surface area contributed by atoms with Crippen molar-refractivity contribution in [3.05, 3.63) is 12.1 Å². The molecule has 15 heavy (non-hydrogen) atoms. The number of anilines is 1. The molecule has 0 spiro atoms. The van der Waals surface area contributed by atoms with E-state index in [2.05, 4.69) is 17.2 Å². The van der Waals surface area contributed by atoms with Crippen molar-refractivity contribution in [1.82, 2.24) is 4.98 Å². The van der Waals surface area contributed by atoms with Crippen LogP contribution < -0.4 is 14.8 Å². The van der Waals surface area contributed by atoms with Gasteiger partial charge in [0, 0.05) is 18.7 Å². The summed E-state index contributed by atoms with van der Waals surface area (Å²) in [7, 11) is 0. The topological polar surface area (TPSA) is 43.4 Å². The Morgan fingerprint density at radius 1 is 1.40 bits per heavy atom. The molecule has 1 aliphatic rings. The molecule has 0 aliphatic carbocycles. The van der Waals surface area contributed by atoms with Gasteiger partial charge in [0.2, 0.25) is 6.79 Å². The van der Waals surface area contributed by atoms with E-state index in [0.717, 1.165) is 33.4 Å². The normalized spacial score (nSPS) is 13.4. The van der Waals surface area contributed by atoms with Crippen molar-refractivity contribution in [3.63, 3.8) is 0 Å². The van der Waals surface area contributed by atoms with Crippen LogP contribution in [-0.4, -0.2) is 18.3 Å². The van der Waals surface area contributed by atoms with Gasteiger partial charge in [0.1, 0.15) is 0 Å². The van der Waals surface area contributed by atoms with Crippen molar-refractivity contribution >= 4 is 26.7 Å². The molecule has 0 bridgehead atoms. The molecule has 1 aromatic heterocycles. The van der Waals surface area contributed by atoms with Crippen LogP contribution in [0.1, 0.15) is 6.92 Å². The molecule has 0 saturated heterocycles. The van der Waals surface area contributed by atoms with Gasteiger partial charge < -0.3 is 14.8 Å². The van der Waals surface area contributed by atoms with Crippen LogP contribution in [0.3, 0.4) is 0 Å². The van der Waals surface area contributed by atoms with Crippen LogP contribution >= 0.6 is 11.3 Å². The highest BCUT2D eigenvalue weighted by atomic mass is 32.1. The van der Waals surface area contributed by atoms with Gasteiger partial charge >= 0.3 is 0 Å². The van der Waals surface area contributed by atoms with Gasteiger partial charge in [0.25, 0.3) is 0 Å². The van der Waals surface area contributed by atoms with E-state index in [1.165, 1.54) is 0 Å². The summed E-state index contributed by atoms with van der Waals surface area (Å²) in [5.74, 6) is 1.60. The lowest BCUT2D eigenvalue weighted by molar-refractivity contribution is 0.174. The third kappa shape index (κ3) is 1.39. The molecule has 1 N–H and O–H groups in total. The van der Waals surface area contributed by atoms with E-state index in [4.69, 9.17) is 9.47 Å². The minimum absolute atomic E-state index is 0.312. The monoisotopic (exact) mass is 222 g/mol. The molecular formula is C10H10N2O2S. The molecule has 0 radical (unpaired) electrons. The Labute approximate surface area is 90.8 Å². The molecule has 0 atom stereocenters. The molecule has 3 rings (SSSR count). The Morgan fingerprint density at radius 2 is 2.20 bits per heavy atom. The first-order valence-electron chi connectivity index (χ1n) is 4.81. The maximum Gasteiger partial charge on any atom is 0.231 e. The van der Waals surface area contributed by atoms with Gasteiger partial charge in [-0.15, -0.1) is 0 Å². The number of hydrogen-bond donors (Lipinski definition) is 1. The van der Waals surface area contributed by atoms with Crippen molar-refractivity contribution in [1.29, 1.82) is 0 Å². The molecule has 0 unspecified atom stereocenters. The van der Waals surface area contributed by atoms with Gasteiger partial charge in [0.05, 0.1) is 10.2 Å². The van der Waals surface area contributed by atoms with Crippen LogP contribution in [0.4, 0.5) is 5.13 Å². The second-order valence-electron chi connectivity index (χ2n) is 3.22. The van der Waals surface area contributed by atoms with Crippen molar-refractivity contribution in [2.75, 3.05) is 18.7 Å². The molecule has 5 heteroatoms. The van der Waals surface area contributed by atoms with E-state index in [9.17, 15) is 0 Å². The zero-order valence-corrected chi connectivity index (χ0v) is 9.06. The number of benzene rings is 1. The molecule has 0 saturated carbocycles. The average Bonchev–Trinajstić information content (AvgIpc) is 2.78. The lowest BCUT2D eigenvalue weighted by atomic mass is 10.3. The number of ether oxygens (including phenoxy) is 2. The fraction of sp³-hybridized carbons (Fsp3) is 0.300. The third-order valence-electron chi connectivity index (χ3n) is 2.21. The molecule has 1 aromatic carbocycles. The van der Waals surface area contributed by atoms with Crippen molar-refractivity contribution in [2.45, 2.75) is 6.92 Å². The summed E-state index contributed by atoms with van der Waals surface area (Å²) >= 11 is 1.63. The average molecular weight is 222 g/mol. The van der Waals surface area contributed by atoms with E-state index in [1.54, 1.807) is 11.3 Å². The highest BCUT2D eigenvalue weighted by Gasteiger charge is 2.16. The van der Waals surface area contributed by atoms with E-state index in [1.807, 2.05) is 12.1 Å². The minimum atomic E-state index is 0.312. The summed E-state index contributed by atoms with van der Waals surface area (Å²) in [6.45, 7) is 3.25. The SMILES string of the molecule is CCNc1nc2cc3c(cc2s1)OCO3. The number of aromatic nitrogens is 1. The maximum absolute atomic E-state index is 5.31. The second kappa shape index (κ2) is 3.27. The second-order valence-corrected chi connectivity index (χ2v) is 4.25. The summed E-state index contributed by atoms with van der Waals surface area (Å²) in [5.41, 5.74) is 0.959. The number of nitrogens with one attached hydrogen (secondary N) is 1. The first kappa shape index (κ1) is 8.79.